The van der Waals surface area contributed by atoms with Gasteiger partial charge >= 0.3 is 5.97 Å². The lowest BCUT2D eigenvalue weighted by molar-refractivity contribution is -0.131. The van der Waals surface area contributed by atoms with Gasteiger partial charge in [0.25, 0.3) is 10.0 Å². The van der Waals surface area contributed by atoms with Gasteiger partial charge in [0.2, 0.25) is 0 Å². The molecular weight excluding hydrogens is 382 g/mol. The van der Waals surface area contributed by atoms with Gasteiger partial charge in [0.05, 0.1) is 4.90 Å². The summed E-state index contributed by atoms with van der Waals surface area (Å²) in [6.45, 7) is 5.51. The first-order valence-electron chi connectivity index (χ1n) is 8.21. The van der Waals surface area contributed by atoms with Crippen LogP contribution in [0.15, 0.2) is 47.4 Å². The minimum atomic E-state index is -3.71. The fourth-order valence-electron chi connectivity index (χ4n) is 3.16. The molecule has 3 rings (SSSR count). The van der Waals surface area contributed by atoms with Gasteiger partial charge in [-0.2, -0.15) is 0 Å². The van der Waals surface area contributed by atoms with Gasteiger partial charge in [-0.05, 0) is 67.6 Å². The molecule has 0 saturated heterocycles. The summed E-state index contributed by atoms with van der Waals surface area (Å²) >= 11 is 1.44. The van der Waals surface area contributed by atoms with Gasteiger partial charge in [0.1, 0.15) is 0 Å². The first kappa shape index (κ1) is 19.1. The molecule has 0 bridgehead atoms. The molecule has 27 heavy (non-hydrogen) atoms. The van der Waals surface area contributed by atoms with E-state index in [1.54, 1.807) is 26.0 Å². The average Bonchev–Trinajstić information content (AvgIpc) is 2.93. The van der Waals surface area contributed by atoms with E-state index < -0.39 is 16.0 Å². The Bertz CT molecular complexity index is 1150. The second-order valence-electron chi connectivity index (χ2n) is 6.41. The number of fused-ring (bicyclic) bond motifs is 1. The molecule has 0 unspecified atom stereocenters. The molecule has 7 heteroatoms. The van der Waals surface area contributed by atoms with Crippen molar-refractivity contribution in [1.29, 1.82) is 0 Å². The van der Waals surface area contributed by atoms with Crippen molar-refractivity contribution in [3.05, 3.63) is 64.0 Å². The number of carboxylic acids is 1. The van der Waals surface area contributed by atoms with Gasteiger partial charge in [-0.15, -0.1) is 11.3 Å². The summed E-state index contributed by atoms with van der Waals surface area (Å²) in [5.74, 6) is -1.01. The highest BCUT2D eigenvalue weighted by Gasteiger charge is 2.20. The van der Waals surface area contributed by atoms with E-state index in [0.29, 0.717) is 21.7 Å². The summed E-state index contributed by atoms with van der Waals surface area (Å²) in [7, 11) is -3.71. The Hall–Kier alpha value is -2.64. The number of hydrogen-bond donors (Lipinski definition) is 2. The van der Waals surface area contributed by atoms with Crippen LogP contribution in [0.1, 0.15) is 21.6 Å². The number of carbonyl (C=O) groups is 1. The summed E-state index contributed by atoms with van der Waals surface area (Å²) in [6, 6.07) is 10.8. The molecule has 3 aromatic rings. The van der Waals surface area contributed by atoms with Gasteiger partial charge in [0.15, 0.2) is 0 Å². The summed E-state index contributed by atoms with van der Waals surface area (Å²) in [5, 5.41) is 9.58. The predicted octanol–water partition coefficient (Wildman–Crippen LogP) is 4.73. The lowest BCUT2D eigenvalue weighted by atomic mass is 10.1. The van der Waals surface area contributed by atoms with E-state index in [-0.39, 0.29) is 0 Å². The van der Waals surface area contributed by atoms with Crippen molar-refractivity contribution >= 4 is 49.2 Å². The molecule has 0 amide bonds. The zero-order valence-corrected chi connectivity index (χ0v) is 16.7. The Morgan fingerprint density at radius 3 is 2.37 bits per heavy atom. The van der Waals surface area contributed by atoms with E-state index in [1.165, 1.54) is 17.4 Å². The number of aryl methyl sites for hydroxylation is 3. The van der Waals surface area contributed by atoms with Crippen LogP contribution in [0, 0.1) is 20.8 Å². The number of benzene rings is 2. The molecule has 0 saturated carbocycles. The summed E-state index contributed by atoms with van der Waals surface area (Å²) < 4.78 is 29.4. The molecule has 140 valence electrons. The number of nitrogens with one attached hydrogen (secondary N) is 1. The van der Waals surface area contributed by atoms with Crippen LogP contribution in [-0.4, -0.2) is 19.5 Å². The minimum Gasteiger partial charge on any atom is -0.478 e. The van der Waals surface area contributed by atoms with Crippen LogP contribution in [0.3, 0.4) is 0 Å². The van der Waals surface area contributed by atoms with E-state index in [9.17, 15) is 13.2 Å². The van der Waals surface area contributed by atoms with Gasteiger partial charge < -0.3 is 5.11 Å². The van der Waals surface area contributed by atoms with Crippen molar-refractivity contribution in [2.75, 3.05) is 4.72 Å². The molecule has 0 atom stereocenters. The number of hydrogen-bond acceptors (Lipinski definition) is 4. The highest BCUT2D eigenvalue weighted by atomic mass is 32.2. The van der Waals surface area contributed by atoms with Crippen LogP contribution in [-0.2, 0) is 14.8 Å². The largest absolute Gasteiger partial charge is 0.478 e. The molecule has 0 radical (unpaired) electrons. The molecule has 0 aliphatic rings. The molecule has 0 aliphatic carbocycles. The number of sulfonamides is 1. The summed E-state index contributed by atoms with van der Waals surface area (Å²) in [4.78, 5) is 11.7. The predicted molar refractivity (Wildman–Crippen MR) is 110 cm³/mol. The SMILES string of the molecule is Cc1cc(C)c(S(=O)(=O)Nc2ccc3sc(/C=C/C(=O)O)cc3c2)c(C)c1. The van der Waals surface area contributed by atoms with Crippen molar-refractivity contribution in [3.63, 3.8) is 0 Å². The third-order valence-corrected chi connectivity index (χ3v) is 6.82. The lowest BCUT2D eigenvalue weighted by Gasteiger charge is -2.14. The Balaban J connectivity index is 1.95. The van der Waals surface area contributed by atoms with Crippen molar-refractivity contribution in [2.24, 2.45) is 0 Å². The molecular formula is C20H19NO4S2. The Morgan fingerprint density at radius 1 is 1.07 bits per heavy atom. The second-order valence-corrected chi connectivity index (χ2v) is 9.14. The number of anilines is 1. The standard InChI is InChI=1S/C20H19NO4S2/c1-12-8-13(2)20(14(3)9-12)27(24,25)21-16-4-6-18-15(10-16)11-17(26-18)5-7-19(22)23/h4-11,21H,1-3H3,(H,22,23)/b7-5+. The van der Waals surface area contributed by atoms with Gasteiger partial charge in [-0.1, -0.05) is 17.7 Å². The molecule has 0 aliphatic heterocycles. The third kappa shape index (κ3) is 4.20. The van der Waals surface area contributed by atoms with Crippen molar-refractivity contribution in [1.82, 2.24) is 0 Å². The smallest absolute Gasteiger partial charge is 0.328 e. The molecule has 0 spiro atoms. The number of aliphatic carboxylic acids is 1. The van der Waals surface area contributed by atoms with Crippen LogP contribution < -0.4 is 4.72 Å². The lowest BCUT2D eigenvalue weighted by Crippen LogP contribution is -2.15. The Morgan fingerprint density at radius 2 is 1.74 bits per heavy atom. The monoisotopic (exact) mass is 401 g/mol. The maximum Gasteiger partial charge on any atom is 0.328 e. The molecule has 5 nitrogen and oxygen atoms in total. The zero-order valence-electron chi connectivity index (χ0n) is 15.1. The maximum atomic E-state index is 12.9. The second kappa shape index (κ2) is 7.17. The first-order chi connectivity index (χ1) is 12.7. The molecule has 1 heterocycles. The molecule has 0 fully saturated rings. The fourth-order valence-corrected chi connectivity index (χ4v) is 5.61. The van der Waals surface area contributed by atoms with E-state index in [0.717, 1.165) is 26.6 Å². The van der Waals surface area contributed by atoms with E-state index >= 15 is 0 Å². The normalized spacial score (nSPS) is 12.0. The Labute approximate surface area is 162 Å². The van der Waals surface area contributed by atoms with Crippen molar-refractivity contribution in [3.8, 4) is 0 Å². The number of rotatable bonds is 5. The first-order valence-corrected chi connectivity index (χ1v) is 10.5. The highest BCUT2D eigenvalue weighted by molar-refractivity contribution is 7.92. The fraction of sp³-hybridized carbons (Fsp3) is 0.150. The average molecular weight is 402 g/mol. The maximum absolute atomic E-state index is 12.9. The summed E-state index contributed by atoms with van der Waals surface area (Å²) in [6.07, 6.45) is 2.60. The van der Waals surface area contributed by atoms with Crippen LogP contribution in [0.2, 0.25) is 0 Å². The van der Waals surface area contributed by atoms with Crippen LogP contribution >= 0.6 is 11.3 Å². The van der Waals surface area contributed by atoms with Gasteiger partial charge in [-0.3, -0.25) is 4.72 Å². The zero-order chi connectivity index (χ0) is 19.8. The van der Waals surface area contributed by atoms with E-state index in [4.69, 9.17) is 5.11 Å². The topological polar surface area (TPSA) is 83.5 Å². The van der Waals surface area contributed by atoms with Crippen LogP contribution in [0.25, 0.3) is 16.2 Å². The van der Waals surface area contributed by atoms with Gasteiger partial charge in [-0.25, -0.2) is 13.2 Å². The minimum absolute atomic E-state index is 0.295. The van der Waals surface area contributed by atoms with Crippen molar-refractivity contribution in [2.45, 2.75) is 25.7 Å². The summed E-state index contributed by atoms with van der Waals surface area (Å²) in [5.41, 5.74) is 2.90. The quantitative estimate of drug-likeness (QED) is 0.606. The van der Waals surface area contributed by atoms with Crippen LogP contribution in [0.4, 0.5) is 5.69 Å². The Kier molecular flexibility index (Phi) is 5.08. The number of carboxylic acid groups (broad SMARTS) is 1. The van der Waals surface area contributed by atoms with E-state index in [2.05, 4.69) is 4.72 Å². The molecule has 2 N–H and O–H groups in total. The molecule has 2 aromatic carbocycles. The van der Waals surface area contributed by atoms with Crippen molar-refractivity contribution < 1.29 is 18.3 Å². The third-order valence-electron chi connectivity index (χ3n) is 4.05. The highest BCUT2D eigenvalue weighted by Crippen LogP contribution is 2.30. The van der Waals surface area contributed by atoms with Gasteiger partial charge in [0, 0.05) is 21.3 Å². The molecule has 1 aromatic heterocycles. The van der Waals surface area contributed by atoms with E-state index in [1.807, 2.05) is 31.2 Å². The van der Waals surface area contributed by atoms with Crippen LogP contribution in [0.5, 0.6) is 0 Å². The number of thiophene rings is 1.